The van der Waals surface area contributed by atoms with Crippen LogP contribution < -0.4 is 4.57 Å². The van der Waals surface area contributed by atoms with Crippen molar-refractivity contribution in [2.75, 3.05) is 0 Å². The summed E-state index contributed by atoms with van der Waals surface area (Å²) in [6.07, 6.45) is -19.7. The number of aldehydes is 1. The van der Waals surface area contributed by atoms with E-state index in [1.54, 1.807) is 0 Å². The summed E-state index contributed by atoms with van der Waals surface area (Å²) in [5.74, 6) is -0.857. The van der Waals surface area contributed by atoms with Crippen LogP contribution in [0.1, 0.15) is 32.9 Å². The van der Waals surface area contributed by atoms with Crippen molar-refractivity contribution < 1.29 is 62.0 Å². The molecular formula is C20H9F12N2O+. The summed E-state index contributed by atoms with van der Waals surface area (Å²) in [5.41, 5.74) is -8.74. The molecule has 0 aliphatic heterocycles. The number of carbonyl (C=O) groups excluding carboxylic acids is 1. The molecule has 3 rings (SSSR count). The molecule has 0 atom stereocenters. The maximum atomic E-state index is 13.2. The summed E-state index contributed by atoms with van der Waals surface area (Å²) in [4.78, 5) is 11.7. The standard InChI is InChI=1S/C20H9F12N2O/c21-17(22,23)10-3-11(18(24,25)26)6-14(5-10)33-1-2-34(16(33)9-35)15-7-12(19(27,28)29)4-13(8-15)20(30,31)32/h1-9H/q+1. The van der Waals surface area contributed by atoms with Crippen LogP contribution in [0, 0.1) is 0 Å². The zero-order valence-corrected chi connectivity index (χ0v) is 16.5. The lowest BCUT2D eigenvalue weighted by atomic mass is 10.1. The van der Waals surface area contributed by atoms with Gasteiger partial charge in [0, 0.05) is 0 Å². The Morgan fingerprint density at radius 1 is 0.600 bits per heavy atom. The predicted molar refractivity (Wildman–Crippen MR) is 92.7 cm³/mol. The summed E-state index contributed by atoms with van der Waals surface area (Å²) in [6, 6.07) is 0.563. The SMILES string of the molecule is O=Cc1n(-c2cc(C(F)(F)F)cc(C(F)(F)F)c2)cc[n+]1-c1cc(C(F)(F)F)cc(C(F)(F)F)c1. The van der Waals surface area contributed by atoms with Crippen molar-refractivity contribution in [3.05, 3.63) is 76.9 Å². The number of rotatable bonds is 3. The molecule has 0 N–H and O–H groups in total. The molecule has 0 fully saturated rings. The molecule has 0 spiro atoms. The van der Waals surface area contributed by atoms with Gasteiger partial charge in [0.25, 0.3) is 0 Å². The van der Waals surface area contributed by atoms with Gasteiger partial charge >= 0.3 is 30.5 Å². The van der Waals surface area contributed by atoms with Crippen molar-refractivity contribution in [1.82, 2.24) is 4.57 Å². The zero-order valence-electron chi connectivity index (χ0n) is 16.5. The zero-order chi connectivity index (χ0) is 26.6. The van der Waals surface area contributed by atoms with Crippen molar-refractivity contribution in [2.45, 2.75) is 24.7 Å². The van der Waals surface area contributed by atoms with Gasteiger partial charge in [-0.1, -0.05) is 0 Å². The molecule has 0 saturated heterocycles. The van der Waals surface area contributed by atoms with Crippen LogP contribution in [0.4, 0.5) is 52.7 Å². The highest BCUT2D eigenvalue weighted by Gasteiger charge is 2.40. The summed E-state index contributed by atoms with van der Waals surface area (Å²) in [5, 5.41) is 0. The molecule has 188 valence electrons. The Labute approximate surface area is 186 Å². The van der Waals surface area contributed by atoms with E-state index in [4.69, 9.17) is 0 Å². The fourth-order valence-corrected chi connectivity index (χ4v) is 3.11. The lowest BCUT2D eigenvalue weighted by Crippen LogP contribution is -2.35. The molecule has 1 heterocycles. The van der Waals surface area contributed by atoms with Crippen LogP contribution >= 0.6 is 0 Å². The number of aromatic nitrogens is 2. The van der Waals surface area contributed by atoms with Gasteiger partial charge in [0.1, 0.15) is 23.8 Å². The molecule has 0 saturated carbocycles. The van der Waals surface area contributed by atoms with E-state index in [2.05, 4.69) is 0 Å². The fourth-order valence-electron chi connectivity index (χ4n) is 3.11. The highest BCUT2D eigenvalue weighted by molar-refractivity contribution is 5.69. The van der Waals surface area contributed by atoms with Crippen LogP contribution in [0.2, 0.25) is 0 Å². The third kappa shape index (κ3) is 5.43. The van der Waals surface area contributed by atoms with Gasteiger partial charge < -0.3 is 0 Å². The van der Waals surface area contributed by atoms with E-state index in [1.807, 2.05) is 0 Å². The largest absolute Gasteiger partial charge is 0.416 e. The Morgan fingerprint density at radius 3 is 1.31 bits per heavy atom. The molecule has 0 aliphatic carbocycles. The molecule has 3 nitrogen and oxygen atoms in total. The number of halogens is 12. The van der Waals surface area contributed by atoms with E-state index in [0.29, 0.717) is 21.5 Å². The number of hydrogen-bond donors (Lipinski definition) is 0. The first-order valence-electron chi connectivity index (χ1n) is 9.00. The Bertz CT molecular complexity index is 1110. The first-order valence-corrected chi connectivity index (χ1v) is 9.00. The lowest BCUT2D eigenvalue weighted by molar-refractivity contribution is -0.596. The van der Waals surface area contributed by atoms with Crippen molar-refractivity contribution >= 4 is 6.29 Å². The van der Waals surface area contributed by atoms with Crippen LogP contribution in [-0.2, 0) is 24.7 Å². The number of benzene rings is 2. The topological polar surface area (TPSA) is 25.9 Å². The maximum absolute atomic E-state index is 13.2. The van der Waals surface area contributed by atoms with Gasteiger partial charge in [-0.15, -0.1) is 0 Å². The molecule has 2 aromatic carbocycles. The van der Waals surface area contributed by atoms with E-state index < -0.39 is 64.2 Å². The van der Waals surface area contributed by atoms with Crippen molar-refractivity contribution in [3.8, 4) is 11.4 Å². The van der Waals surface area contributed by atoms with E-state index in [9.17, 15) is 57.5 Å². The Morgan fingerprint density at radius 2 is 0.971 bits per heavy atom. The Kier molecular flexibility index (Phi) is 6.19. The van der Waals surface area contributed by atoms with E-state index in [1.165, 1.54) is 0 Å². The van der Waals surface area contributed by atoms with Gasteiger partial charge in [0.15, 0.2) is 0 Å². The summed E-state index contributed by atoms with van der Waals surface area (Å²) < 4.78 is 159. The van der Waals surface area contributed by atoms with Crippen molar-refractivity contribution in [2.24, 2.45) is 0 Å². The second kappa shape index (κ2) is 8.30. The van der Waals surface area contributed by atoms with Crippen molar-refractivity contribution in [1.29, 1.82) is 0 Å². The number of alkyl halides is 12. The minimum atomic E-state index is -5.25. The summed E-state index contributed by atoms with van der Waals surface area (Å²) in [6.45, 7) is 0. The van der Waals surface area contributed by atoms with Gasteiger partial charge in [0.05, 0.1) is 22.3 Å². The average Bonchev–Trinajstić information content (AvgIpc) is 3.14. The van der Waals surface area contributed by atoms with Gasteiger partial charge in [-0.3, -0.25) is 4.79 Å². The van der Waals surface area contributed by atoms with Crippen LogP contribution in [0.25, 0.3) is 11.4 Å². The van der Waals surface area contributed by atoms with Gasteiger partial charge in [-0.25, -0.2) is 0 Å². The summed E-state index contributed by atoms with van der Waals surface area (Å²) >= 11 is 0. The fraction of sp³-hybridized carbons (Fsp3) is 0.200. The monoisotopic (exact) mass is 521 g/mol. The van der Waals surface area contributed by atoms with Crippen LogP contribution in [0.5, 0.6) is 0 Å². The number of carbonyl (C=O) groups is 1. The maximum Gasteiger partial charge on any atom is 0.416 e. The molecule has 15 heteroatoms. The lowest BCUT2D eigenvalue weighted by Gasteiger charge is -2.13. The molecule has 1 aromatic heterocycles. The molecule has 0 bridgehead atoms. The second-order valence-corrected chi connectivity index (χ2v) is 7.04. The Hall–Kier alpha value is -3.52. The number of nitrogens with zero attached hydrogens (tertiary/aromatic N) is 2. The second-order valence-electron chi connectivity index (χ2n) is 7.04. The highest BCUT2D eigenvalue weighted by Crippen LogP contribution is 2.38. The predicted octanol–water partition coefficient (Wildman–Crippen LogP) is 6.64. The first kappa shape index (κ1) is 26.1. The normalized spacial score (nSPS) is 13.3. The van der Waals surface area contributed by atoms with E-state index in [-0.39, 0.29) is 42.7 Å². The van der Waals surface area contributed by atoms with Gasteiger partial charge in [0.2, 0.25) is 6.29 Å². The molecule has 0 unspecified atom stereocenters. The molecule has 0 aliphatic rings. The van der Waals surface area contributed by atoms with E-state index >= 15 is 0 Å². The van der Waals surface area contributed by atoms with Crippen LogP contribution in [-0.4, -0.2) is 10.9 Å². The average molecular weight is 521 g/mol. The third-order valence-corrected chi connectivity index (χ3v) is 4.67. The smallest absolute Gasteiger partial charge is 0.289 e. The third-order valence-electron chi connectivity index (χ3n) is 4.67. The van der Waals surface area contributed by atoms with Gasteiger partial charge in [-0.05, 0) is 36.4 Å². The minimum absolute atomic E-state index is 0.152. The Balaban J connectivity index is 2.29. The first-order chi connectivity index (χ1) is 15.8. The van der Waals surface area contributed by atoms with Crippen LogP contribution in [0.3, 0.4) is 0 Å². The van der Waals surface area contributed by atoms with E-state index in [0.717, 1.165) is 0 Å². The quantitative estimate of drug-likeness (QED) is 0.216. The molecule has 3 aromatic rings. The molecule has 0 radical (unpaired) electrons. The van der Waals surface area contributed by atoms with Crippen molar-refractivity contribution in [3.63, 3.8) is 0 Å². The number of imidazole rings is 1. The summed E-state index contributed by atoms with van der Waals surface area (Å²) in [7, 11) is 0. The van der Waals surface area contributed by atoms with Crippen LogP contribution in [0.15, 0.2) is 48.8 Å². The highest BCUT2D eigenvalue weighted by atomic mass is 19.4. The molecular weight excluding hydrogens is 512 g/mol. The molecule has 35 heavy (non-hydrogen) atoms. The minimum Gasteiger partial charge on any atom is -0.289 e. The van der Waals surface area contributed by atoms with Gasteiger partial charge in [-0.2, -0.15) is 61.8 Å². The number of hydrogen-bond acceptors (Lipinski definition) is 1. The molecule has 0 amide bonds.